The molecule has 0 saturated heterocycles. The van der Waals surface area contributed by atoms with Gasteiger partial charge in [0, 0.05) is 11.5 Å². The molecule has 2 nitrogen and oxygen atoms in total. The second-order valence-corrected chi connectivity index (χ2v) is 3.88. The van der Waals surface area contributed by atoms with E-state index in [4.69, 9.17) is 0 Å². The van der Waals surface area contributed by atoms with E-state index in [1.54, 1.807) is 6.92 Å². The van der Waals surface area contributed by atoms with E-state index in [2.05, 4.69) is 19.2 Å². The van der Waals surface area contributed by atoms with E-state index in [9.17, 15) is 4.79 Å². The van der Waals surface area contributed by atoms with Crippen molar-refractivity contribution in [2.24, 2.45) is 5.92 Å². The molecule has 0 radical (unpaired) electrons. The van der Waals surface area contributed by atoms with Crippen molar-refractivity contribution in [2.75, 3.05) is 7.05 Å². The summed E-state index contributed by atoms with van der Waals surface area (Å²) in [7, 11) is 1.95. The van der Waals surface area contributed by atoms with E-state index in [0.29, 0.717) is 0 Å². The van der Waals surface area contributed by atoms with Gasteiger partial charge in [-0.3, -0.25) is 4.79 Å². The molecule has 0 aromatic rings. The highest BCUT2D eigenvalue weighted by molar-refractivity contribution is 5.77. The van der Waals surface area contributed by atoms with Gasteiger partial charge in [0.2, 0.25) is 0 Å². The molecular formula is C10H21NO. The minimum atomic E-state index is 0.116. The molecule has 0 aliphatic heterocycles. The molecule has 0 aromatic carbocycles. The lowest BCUT2D eigenvalue weighted by Gasteiger charge is -2.30. The van der Waals surface area contributed by atoms with E-state index >= 15 is 0 Å². The van der Waals surface area contributed by atoms with Gasteiger partial charge in [0.15, 0.2) is 0 Å². The van der Waals surface area contributed by atoms with Gasteiger partial charge >= 0.3 is 0 Å². The van der Waals surface area contributed by atoms with Gasteiger partial charge in [-0.1, -0.05) is 13.8 Å². The zero-order valence-electron chi connectivity index (χ0n) is 8.90. The van der Waals surface area contributed by atoms with E-state index in [-0.39, 0.29) is 17.2 Å². The lowest BCUT2D eigenvalue weighted by Crippen LogP contribution is -2.41. The summed E-state index contributed by atoms with van der Waals surface area (Å²) in [5, 5.41) is 3.26. The molecule has 0 bridgehead atoms. The molecule has 72 valence electrons. The first-order valence-electron chi connectivity index (χ1n) is 4.64. The van der Waals surface area contributed by atoms with Crippen molar-refractivity contribution in [1.29, 1.82) is 0 Å². The number of nitrogens with one attached hydrogen (secondary N) is 1. The van der Waals surface area contributed by atoms with E-state index in [1.807, 2.05) is 14.0 Å². The highest BCUT2D eigenvalue weighted by Gasteiger charge is 2.23. The monoisotopic (exact) mass is 171 g/mol. The smallest absolute Gasteiger partial charge is 0.132 e. The molecule has 0 amide bonds. The number of hydrogen-bond donors (Lipinski definition) is 1. The van der Waals surface area contributed by atoms with Crippen LogP contribution in [0.3, 0.4) is 0 Å². The highest BCUT2D eigenvalue weighted by atomic mass is 16.1. The fourth-order valence-corrected chi connectivity index (χ4v) is 1.24. The summed E-state index contributed by atoms with van der Waals surface area (Å²) in [6.07, 6.45) is 1.98. The first-order chi connectivity index (χ1) is 5.45. The van der Waals surface area contributed by atoms with Crippen LogP contribution >= 0.6 is 0 Å². The Hall–Kier alpha value is -0.370. The predicted molar refractivity (Wildman–Crippen MR) is 52.2 cm³/mol. The molecule has 0 heterocycles. The molecule has 2 atom stereocenters. The number of Topliss-reactive ketones (excluding diaryl/α,β-unsaturated/α-hetero) is 1. The van der Waals surface area contributed by atoms with Crippen LogP contribution in [0.15, 0.2) is 0 Å². The summed E-state index contributed by atoms with van der Waals surface area (Å²) in [5.74, 6) is 0.451. The molecule has 0 aliphatic rings. The second kappa shape index (κ2) is 4.61. The summed E-state index contributed by atoms with van der Waals surface area (Å²) in [4.78, 5) is 11.0. The van der Waals surface area contributed by atoms with Crippen molar-refractivity contribution >= 4 is 5.78 Å². The molecule has 12 heavy (non-hydrogen) atoms. The Morgan fingerprint density at radius 1 is 1.58 bits per heavy atom. The maximum Gasteiger partial charge on any atom is 0.132 e. The summed E-state index contributed by atoms with van der Waals surface area (Å²) >= 11 is 0. The first-order valence-corrected chi connectivity index (χ1v) is 4.64. The van der Waals surface area contributed by atoms with Gasteiger partial charge in [0.1, 0.15) is 5.78 Å². The maximum atomic E-state index is 11.0. The van der Waals surface area contributed by atoms with Gasteiger partial charge in [-0.15, -0.1) is 0 Å². The topological polar surface area (TPSA) is 29.1 Å². The quantitative estimate of drug-likeness (QED) is 0.685. The zero-order valence-corrected chi connectivity index (χ0v) is 8.90. The van der Waals surface area contributed by atoms with Crippen LogP contribution in [0.2, 0.25) is 0 Å². The first kappa shape index (κ1) is 11.6. The Balaban J connectivity index is 4.11. The normalized spacial score (nSPS) is 18.4. The van der Waals surface area contributed by atoms with Gasteiger partial charge in [0.25, 0.3) is 0 Å². The van der Waals surface area contributed by atoms with Gasteiger partial charge in [-0.25, -0.2) is 0 Å². The second-order valence-electron chi connectivity index (χ2n) is 3.88. The number of ketones is 1. The van der Waals surface area contributed by atoms with Crippen LogP contribution in [0.1, 0.15) is 40.5 Å². The average molecular weight is 171 g/mol. The maximum absolute atomic E-state index is 11.0. The summed E-state index contributed by atoms with van der Waals surface area (Å²) in [6.45, 7) is 7.96. The van der Waals surface area contributed by atoms with Gasteiger partial charge in [-0.05, 0) is 33.7 Å². The molecule has 0 fully saturated rings. The zero-order chi connectivity index (χ0) is 9.78. The van der Waals surface area contributed by atoms with Crippen molar-refractivity contribution in [3.05, 3.63) is 0 Å². The average Bonchev–Trinajstić information content (AvgIpc) is 2.04. The summed E-state index contributed by atoms with van der Waals surface area (Å²) in [5.41, 5.74) is 0.116. The largest absolute Gasteiger partial charge is 0.315 e. The van der Waals surface area contributed by atoms with E-state index in [0.717, 1.165) is 12.8 Å². The van der Waals surface area contributed by atoms with Crippen molar-refractivity contribution in [2.45, 2.75) is 46.1 Å². The molecule has 2 heteroatoms. The Bertz CT molecular complexity index is 150. The molecule has 0 rings (SSSR count). The van der Waals surface area contributed by atoms with E-state index < -0.39 is 0 Å². The van der Waals surface area contributed by atoms with Crippen molar-refractivity contribution in [3.63, 3.8) is 0 Å². The summed E-state index contributed by atoms with van der Waals surface area (Å²) in [6, 6.07) is 0. The lowest BCUT2D eigenvalue weighted by atomic mass is 9.86. The van der Waals surface area contributed by atoms with Gasteiger partial charge in [0.05, 0.1) is 0 Å². The van der Waals surface area contributed by atoms with Gasteiger partial charge in [-0.2, -0.15) is 0 Å². The van der Waals surface area contributed by atoms with Crippen LogP contribution < -0.4 is 5.32 Å². The van der Waals surface area contributed by atoms with Crippen LogP contribution in [0.25, 0.3) is 0 Å². The Morgan fingerprint density at radius 2 is 2.08 bits per heavy atom. The van der Waals surface area contributed by atoms with Crippen LogP contribution in [0.4, 0.5) is 0 Å². The summed E-state index contributed by atoms with van der Waals surface area (Å²) < 4.78 is 0. The van der Waals surface area contributed by atoms with Crippen LogP contribution in [-0.4, -0.2) is 18.4 Å². The third kappa shape index (κ3) is 3.35. The third-order valence-electron chi connectivity index (χ3n) is 2.83. The Kier molecular flexibility index (Phi) is 4.46. The van der Waals surface area contributed by atoms with Crippen molar-refractivity contribution < 1.29 is 4.79 Å². The van der Waals surface area contributed by atoms with Gasteiger partial charge < -0.3 is 5.32 Å². The SMILES string of the molecule is CCC(C)(CC(C)C(C)=O)NC. The van der Waals surface area contributed by atoms with E-state index in [1.165, 1.54) is 0 Å². The molecule has 0 aliphatic carbocycles. The Labute approximate surface area is 75.7 Å². The lowest BCUT2D eigenvalue weighted by molar-refractivity contribution is -0.120. The molecule has 0 aromatic heterocycles. The highest BCUT2D eigenvalue weighted by Crippen LogP contribution is 2.20. The molecule has 0 saturated carbocycles. The standard InChI is InChI=1S/C10H21NO/c1-6-10(4,11-5)7-8(2)9(3)12/h8,11H,6-7H2,1-5H3. The molecular weight excluding hydrogens is 150 g/mol. The van der Waals surface area contributed by atoms with Crippen molar-refractivity contribution in [3.8, 4) is 0 Å². The number of carbonyl (C=O) groups is 1. The molecule has 2 unspecified atom stereocenters. The van der Waals surface area contributed by atoms with Crippen LogP contribution in [0.5, 0.6) is 0 Å². The fourth-order valence-electron chi connectivity index (χ4n) is 1.24. The molecule has 1 N–H and O–H groups in total. The number of hydrogen-bond acceptors (Lipinski definition) is 2. The minimum absolute atomic E-state index is 0.116. The number of rotatable bonds is 5. The number of carbonyl (C=O) groups excluding carboxylic acids is 1. The third-order valence-corrected chi connectivity index (χ3v) is 2.83. The molecule has 0 spiro atoms. The Morgan fingerprint density at radius 3 is 2.33 bits per heavy atom. The predicted octanol–water partition coefficient (Wildman–Crippen LogP) is 1.99. The van der Waals surface area contributed by atoms with Crippen LogP contribution in [-0.2, 0) is 4.79 Å². The van der Waals surface area contributed by atoms with Crippen LogP contribution in [0, 0.1) is 5.92 Å². The van der Waals surface area contributed by atoms with Crippen molar-refractivity contribution in [1.82, 2.24) is 5.32 Å². The fraction of sp³-hybridized carbons (Fsp3) is 0.900. The minimum Gasteiger partial charge on any atom is -0.315 e.